The number of hydrogen-bond donors (Lipinski definition) is 0. The molecule has 1 aromatic carbocycles. The molecule has 1 fully saturated rings. The zero-order valence-corrected chi connectivity index (χ0v) is 19.1. The Morgan fingerprint density at radius 1 is 1.13 bits per heavy atom. The Labute approximate surface area is 193 Å². The number of likely N-dealkylation sites (N-methyl/N-ethyl adjacent to an activating group) is 1. The van der Waals surface area contributed by atoms with E-state index in [0.717, 1.165) is 65.7 Å². The fourth-order valence-electron chi connectivity index (χ4n) is 4.24. The predicted octanol–water partition coefficient (Wildman–Crippen LogP) is 3.22. The number of halogens is 1. The third-order valence-corrected chi connectivity index (χ3v) is 6.14. The Balaban J connectivity index is 0.00000231. The average Bonchev–Trinajstić information content (AvgIpc) is 3.42. The van der Waals surface area contributed by atoms with Gasteiger partial charge in [-0.15, -0.1) is 0 Å². The number of fused-ring (bicyclic) bond motifs is 3. The van der Waals surface area contributed by atoms with Gasteiger partial charge in [-0.25, -0.2) is 9.97 Å². The fraction of sp³-hybridized carbons (Fsp3) is 0.364. The molecule has 4 heterocycles. The highest BCUT2D eigenvalue weighted by molar-refractivity contribution is 7.59. The van der Waals surface area contributed by atoms with Gasteiger partial charge in [-0.2, -0.15) is 18.6 Å². The monoisotopic (exact) mass is 456 g/mol. The third kappa shape index (κ3) is 4.27. The minimum absolute atomic E-state index is 0. The molecule has 1 atom stereocenters. The second kappa shape index (κ2) is 8.88. The fourth-order valence-corrected chi connectivity index (χ4v) is 4.37. The lowest BCUT2D eigenvalue weighted by atomic mass is 10.1. The first kappa shape index (κ1) is 21.6. The molecule has 9 heteroatoms. The van der Waals surface area contributed by atoms with Crippen LogP contribution in [0.4, 0.5) is 11.5 Å². The van der Waals surface area contributed by atoms with Crippen molar-refractivity contribution in [1.29, 1.82) is 0 Å². The van der Waals surface area contributed by atoms with Gasteiger partial charge >= 0.3 is 0 Å². The van der Waals surface area contributed by atoms with Gasteiger partial charge in [0, 0.05) is 31.2 Å². The molecule has 162 valence electrons. The van der Waals surface area contributed by atoms with Gasteiger partial charge in [0.05, 0.1) is 18.9 Å². The molecule has 7 nitrogen and oxygen atoms in total. The SMILES string of the molecule is CN1C(=O)[C@@H]2CCCN2c2nc(CCc3cnn(Cc4ccc(Cl)cc4)c3)ncc21.S. The van der Waals surface area contributed by atoms with E-state index < -0.39 is 0 Å². The van der Waals surface area contributed by atoms with Gasteiger partial charge in [0.25, 0.3) is 0 Å². The summed E-state index contributed by atoms with van der Waals surface area (Å²) in [5.74, 6) is 1.83. The first-order valence-electron chi connectivity index (χ1n) is 10.2. The van der Waals surface area contributed by atoms with E-state index in [4.69, 9.17) is 16.6 Å². The van der Waals surface area contributed by atoms with Crippen molar-refractivity contribution >= 4 is 42.5 Å². The molecule has 2 aliphatic heterocycles. The summed E-state index contributed by atoms with van der Waals surface area (Å²) in [6.07, 6.45) is 9.22. The van der Waals surface area contributed by atoms with Gasteiger partial charge in [-0.1, -0.05) is 23.7 Å². The quantitative estimate of drug-likeness (QED) is 0.589. The van der Waals surface area contributed by atoms with E-state index in [2.05, 4.69) is 21.2 Å². The Kier molecular flexibility index (Phi) is 6.20. The van der Waals surface area contributed by atoms with Gasteiger partial charge in [0.15, 0.2) is 5.82 Å². The number of nitrogens with zero attached hydrogens (tertiary/aromatic N) is 6. The van der Waals surface area contributed by atoms with Crippen molar-refractivity contribution in [1.82, 2.24) is 19.7 Å². The molecule has 2 aliphatic rings. The highest BCUT2D eigenvalue weighted by Crippen LogP contribution is 2.37. The van der Waals surface area contributed by atoms with E-state index in [0.29, 0.717) is 6.54 Å². The van der Waals surface area contributed by atoms with Crippen molar-refractivity contribution in [2.24, 2.45) is 0 Å². The molecule has 2 aromatic heterocycles. The lowest BCUT2D eigenvalue weighted by Crippen LogP contribution is -2.49. The van der Waals surface area contributed by atoms with Crippen LogP contribution < -0.4 is 9.80 Å². The van der Waals surface area contributed by atoms with Crippen LogP contribution in [0.25, 0.3) is 0 Å². The van der Waals surface area contributed by atoms with Crippen LogP contribution in [0.1, 0.15) is 29.8 Å². The predicted molar refractivity (Wildman–Crippen MR) is 126 cm³/mol. The normalized spacial score (nSPS) is 17.4. The maximum absolute atomic E-state index is 12.5. The summed E-state index contributed by atoms with van der Waals surface area (Å²) < 4.78 is 1.93. The van der Waals surface area contributed by atoms with Crippen molar-refractivity contribution < 1.29 is 4.79 Å². The molecule has 0 radical (unpaired) electrons. The molecule has 1 saturated heterocycles. The molecule has 0 unspecified atom stereocenters. The van der Waals surface area contributed by atoms with Crippen molar-refractivity contribution in [2.75, 3.05) is 23.4 Å². The van der Waals surface area contributed by atoms with Crippen molar-refractivity contribution in [3.8, 4) is 0 Å². The zero-order valence-electron chi connectivity index (χ0n) is 17.3. The largest absolute Gasteiger partial charge is 0.343 e. The number of rotatable bonds is 5. The number of aryl methyl sites for hydroxylation is 2. The lowest BCUT2D eigenvalue weighted by Gasteiger charge is -2.36. The standard InChI is InChI=1S/C22H23ClN6O.H2S/c1-27-19-12-24-20(26-21(19)29-10-2-3-18(29)22(27)30)9-6-16-11-25-28(14-16)13-15-4-7-17(23)8-5-15;/h4-5,7-8,11-12,14,18H,2-3,6,9-10,13H2,1H3;1H2/t18-;/m0./s1. The number of hydrogen-bond acceptors (Lipinski definition) is 5. The minimum atomic E-state index is -0.0728. The summed E-state index contributed by atoms with van der Waals surface area (Å²) >= 11 is 5.95. The molecule has 5 rings (SSSR count). The summed E-state index contributed by atoms with van der Waals surface area (Å²) in [4.78, 5) is 25.7. The van der Waals surface area contributed by atoms with Crippen LogP contribution in [0.15, 0.2) is 42.9 Å². The van der Waals surface area contributed by atoms with Crippen LogP contribution in [0.5, 0.6) is 0 Å². The molecule has 0 spiro atoms. The highest BCUT2D eigenvalue weighted by Gasteiger charge is 2.40. The number of amides is 1. The van der Waals surface area contributed by atoms with Gasteiger partial charge in [0.2, 0.25) is 5.91 Å². The van der Waals surface area contributed by atoms with E-state index >= 15 is 0 Å². The molecular formula is C22H25ClN6OS. The highest BCUT2D eigenvalue weighted by atomic mass is 35.5. The van der Waals surface area contributed by atoms with E-state index in [1.807, 2.05) is 42.2 Å². The van der Waals surface area contributed by atoms with Crippen LogP contribution in [0.3, 0.4) is 0 Å². The Bertz CT molecular complexity index is 1090. The van der Waals surface area contributed by atoms with Crippen LogP contribution >= 0.6 is 25.1 Å². The molecule has 0 N–H and O–H groups in total. The summed E-state index contributed by atoms with van der Waals surface area (Å²) in [6, 6.07) is 7.74. The Morgan fingerprint density at radius 2 is 1.94 bits per heavy atom. The summed E-state index contributed by atoms with van der Waals surface area (Å²) in [7, 11) is 1.81. The van der Waals surface area contributed by atoms with Crippen molar-refractivity contribution in [2.45, 2.75) is 38.3 Å². The van der Waals surface area contributed by atoms with Gasteiger partial charge in [-0.3, -0.25) is 9.48 Å². The topological polar surface area (TPSA) is 67.2 Å². The first-order chi connectivity index (χ1) is 14.6. The lowest BCUT2D eigenvalue weighted by molar-refractivity contribution is -0.119. The van der Waals surface area contributed by atoms with Crippen LogP contribution in [0.2, 0.25) is 5.02 Å². The Hall–Kier alpha value is -2.58. The molecule has 31 heavy (non-hydrogen) atoms. The zero-order chi connectivity index (χ0) is 20.7. The molecular weight excluding hydrogens is 432 g/mol. The number of aromatic nitrogens is 4. The number of benzene rings is 1. The molecule has 1 amide bonds. The maximum Gasteiger partial charge on any atom is 0.249 e. The number of carbonyl (C=O) groups is 1. The average molecular weight is 457 g/mol. The van der Waals surface area contributed by atoms with Gasteiger partial charge in [-0.05, 0) is 42.5 Å². The molecule has 0 aliphatic carbocycles. The number of anilines is 2. The third-order valence-electron chi connectivity index (χ3n) is 5.88. The van der Waals surface area contributed by atoms with Crippen LogP contribution in [0, 0.1) is 0 Å². The van der Waals surface area contributed by atoms with Gasteiger partial charge < -0.3 is 9.80 Å². The molecule has 0 bridgehead atoms. The smallest absolute Gasteiger partial charge is 0.249 e. The van der Waals surface area contributed by atoms with E-state index in [-0.39, 0.29) is 25.4 Å². The Morgan fingerprint density at radius 3 is 2.74 bits per heavy atom. The van der Waals surface area contributed by atoms with Crippen molar-refractivity contribution in [3.63, 3.8) is 0 Å². The second-order valence-corrected chi connectivity index (χ2v) is 8.35. The summed E-state index contributed by atoms with van der Waals surface area (Å²) in [5.41, 5.74) is 3.11. The van der Waals surface area contributed by atoms with E-state index in [1.165, 1.54) is 0 Å². The van der Waals surface area contributed by atoms with Gasteiger partial charge in [0.1, 0.15) is 17.6 Å². The van der Waals surface area contributed by atoms with E-state index in [9.17, 15) is 4.79 Å². The second-order valence-electron chi connectivity index (χ2n) is 7.92. The van der Waals surface area contributed by atoms with Crippen LogP contribution in [-0.4, -0.2) is 45.3 Å². The maximum atomic E-state index is 12.5. The molecule has 0 saturated carbocycles. The summed E-state index contributed by atoms with van der Waals surface area (Å²) in [5, 5.41) is 5.21. The molecule has 3 aromatic rings. The number of carbonyl (C=O) groups excluding carboxylic acids is 1. The summed E-state index contributed by atoms with van der Waals surface area (Å²) in [6.45, 7) is 1.59. The minimum Gasteiger partial charge on any atom is -0.343 e. The van der Waals surface area contributed by atoms with Crippen molar-refractivity contribution in [3.05, 3.63) is 64.8 Å². The first-order valence-corrected chi connectivity index (χ1v) is 10.6. The van der Waals surface area contributed by atoms with E-state index in [1.54, 1.807) is 11.1 Å². The van der Waals surface area contributed by atoms with Crippen LogP contribution in [-0.2, 0) is 24.2 Å².